The highest BCUT2D eigenvalue weighted by Gasteiger charge is 2.38. The number of anilines is 1. The number of nitrogens with one attached hydrogen (secondary N) is 2. The van der Waals surface area contributed by atoms with E-state index in [1.807, 2.05) is 23.2 Å². The van der Waals surface area contributed by atoms with Crippen LogP contribution in [0, 0.1) is 11.8 Å². The van der Waals surface area contributed by atoms with Gasteiger partial charge in [-0.3, -0.25) is 14.4 Å². The Morgan fingerprint density at radius 3 is 2.49 bits per heavy atom. The third kappa shape index (κ3) is 5.54. The fourth-order valence-electron chi connectivity index (χ4n) is 5.51. The van der Waals surface area contributed by atoms with E-state index in [9.17, 15) is 14.4 Å². The Hall–Kier alpha value is -3.72. The highest BCUT2D eigenvalue weighted by molar-refractivity contribution is 6.29. The van der Waals surface area contributed by atoms with Crippen molar-refractivity contribution in [3.05, 3.63) is 59.0 Å². The van der Waals surface area contributed by atoms with Gasteiger partial charge in [0.15, 0.2) is 0 Å². The third-order valence-electron chi connectivity index (χ3n) is 7.90. The van der Waals surface area contributed by atoms with Crippen LogP contribution in [-0.4, -0.2) is 49.7 Å². The van der Waals surface area contributed by atoms with E-state index in [1.54, 1.807) is 18.3 Å². The summed E-state index contributed by atoms with van der Waals surface area (Å²) in [6.45, 7) is 0. The maximum absolute atomic E-state index is 13.3. The molecule has 2 aliphatic carbocycles. The number of hydrogen-bond donors (Lipinski definition) is 3. The van der Waals surface area contributed by atoms with Crippen LogP contribution in [0.2, 0.25) is 5.15 Å². The van der Waals surface area contributed by atoms with E-state index in [4.69, 9.17) is 17.3 Å². The van der Waals surface area contributed by atoms with Crippen molar-refractivity contribution >= 4 is 51.7 Å². The lowest BCUT2D eigenvalue weighted by molar-refractivity contribution is -0.119. The Balaban J connectivity index is 0.000000410. The van der Waals surface area contributed by atoms with Crippen LogP contribution in [0.15, 0.2) is 42.7 Å². The molecular weight excluding hydrogens is 516 g/mol. The molecule has 0 spiro atoms. The Morgan fingerprint density at radius 2 is 1.85 bits per heavy atom. The molecule has 202 valence electrons. The number of carbonyl (C=O) groups excluding carboxylic acids is 3. The van der Waals surface area contributed by atoms with Crippen molar-refractivity contribution in [1.29, 1.82) is 0 Å². The van der Waals surface area contributed by atoms with Gasteiger partial charge in [0.1, 0.15) is 16.6 Å². The van der Waals surface area contributed by atoms with Gasteiger partial charge in [0.2, 0.25) is 11.8 Å². The van der Waals surface area contributed by atoms with Crippen LogP contribution in [0.1, 0.15) is 67.3 Å². The van der Waals surface area contributed by atoms with E-state index >= 15 is 0 Å². The molecule has 10 heteroatoms. The number of rotatable bonds is 5. The summed E-state index contributed by atoms with van der Waals surface area (Å²) in [5, 5.41) is 4.40. The predicted octanol–water partition coefficient (Wildman–Crippen LogP) is 4.69. The summed E-state index contributed by atoms with van der Waals surface area (Å²) < 4.78 is 0. The molecule has 4 N–H and O–H groups in total. The second-order valence-electron chi connectivity index (χ2n) is 10.9. The van der Waals surface area contributed by atoms with Gasteiger partial charge in [-0.15, -0.1) is 0 Å². The first-order valence-corrected chi connectivity index (χ1v) is 14.0. The van der Waals surface area contributed by atoms with Gasteiger partial charge in [-0.05, 0) is 86.8 Å². The lowest BCUT2D eigenvalue weighted by Crippen LogP contribution is -2.51. The fourth-order valence-corrected chi connectivity index (χ4v) is 5.62. The van der Waals surface area contributed by atoms with Crippen molar-refractivity contribution < 1.29 is 14.4 Å². The zero-order valence-electron chi connectivity index (χ0n) is 21.5. The summed E-state index contributed by atoms with van der Waals surface area (Å²) in [7, 11) is 0. The predicted molar refractivity (Wildman–Crippen MR) is 149 cm³/mol. The molecule has 3 aromatic heterocycles. The summed E-state index contributed by atoms with van der Waals surface area (Å²) >= 11 is 5.91. The van der Waals surface area contributed by atoms with Crippen molar-refractivity contribution in [2.75, 3.05) is 5.32 Å². The van der Waals surface area contributed by atoms with E-state index in [1.165, 1.54) is 5.57 Å². The summed E-state index contributed by atoms with van der Waals surface area (Å²) in [6.07, 6.45) is 13.4. The molecule has 1 saturated heterocycles. The number of nitrogens with zero attached hydrogens (tertiary/aromatic N) is 3. The second kappa shape index (κ2) is 10.4. The molecule has 0 aromatic carbocycles. The Kier molecular flexibility index (Phi) is 6.85. The minimum Gasteiger partial charge on any atom is -0.369 e. The smallest absolute Gasteiger partial charge is 0.256 e. The largest absolute Gasteiger partial charge is 0.369 e. The summed E-state index contributed by atoms with van der Waals surface area (Å²) in [4.78, 5) is 49.6. The van der Waals surface area contributed by atoms with E-state index in [-0.39, 0.29) is 41.6 Å². The number of aromatic amines is 1. The number of halogens is 1. The summed E-state index contributed by atoms with van der Waals surface area (Å²) in [6, 6.07) is 7.57. The molecule has 4 aliphatic rings. The average Bonchev–Trinajstić information content (AvgIpc) is 3.85. The van der Waals surface area contributed by atoms with E-state index in [0.717, 1.165) is 68.0 Å². The second-order valence-corrected chi connectivity index (χ2v) is 11.3. The standard InChI is InChI=1S/C25H24ClN5O2.C4H7NO/c26-21-7-6-15(13-28-21)25(33)31-17-2-1-3-18(31)11-16(10-17)20-12-22(30-24(32)14-4-5-14)29-23-19(20)8-9-27-23;5-4(6)3-1-2-3/h6-10,12-14,17-18H,1-5,11H2,(H2,27,29,30,32);3H,1-2H2,(H2,5,6). The van der Waals surface area contributed by atoms with Gasteiger partial charge in [0.25, 0.3) is 5.91 Å². The highest BCUT2D eigenvalue weighted by Crippen LogP contribution is 2.40. The maximum atomic E-state index is 13.3. The van der Waals surface area contributed by atoms with Gasteiger partial charge in [-0.25, -0.2) is 9.97 Å². The first-order chi connectivity index (χ1) is 18.9. The Bertz CT molecular complexity index is 1460. The van der Waals surface area contributed by atoms with Crippen molar-refractivity contribution in [2.24, 2.45) is 17.6 Å². The first-order valence-electron chi connectivity index (χ1n) is 13.6. The van der Waals surface area contributed by atoms with Crippen LogP contribution < -0.4 is 11.1 Å². The van der Waals surface area contributed by atoms with Crippen LogP contribution in [0.25, 0.3) is 16.6 Å². The molecule has 5 heterocycles. The zero-order chi connectivity index (χ0) is 27.1. The van der Waals surface area contributed by atoms with Crippen LogP contribution in [0.3, 0.4) is 0 Å². The monoisotopic (exact) mass is 546 g/mol. The SMILES string of the molecule is NC(=O)C1CC1.O=C(Nc1cc(C2=CC3CCCC(C2)N3C(=O)c2ccc(Cl)nc2)c2cc[nH]c2n1)C1CC1. The maximum Gasteiger partial charge on any atom is 0.256 e. The van der Waals surface area contributed by atoms with E-state index < -0.39 is 0 Å². The van der Waals surface area contributed by atoms with Gasteiger partial charge in [-0.1, -0.05) is 17.7 Å². The molecule has 3 fully saturated rings. The molecule has 2 saturated carbocycles. The normalized spacial score (nSPS) is 22.0. The van der Waals surface area contributed by atoms with Gasteiger partial charge >= 0.3 is 0 Å². The number of carbonyl (C=O) groups is 3. The lowest BCUT2D eigenvalue weighted by atomic mass is 9.82. The molecule has 39 heavy (non-hydrogen) atoms. The number of hydrogen-bond acceptors (Lipinski definition) is 5. The quantitative estimate of drug-likeness (QED) is 0.399. The summed E-state index contributed by atoms with van der Waals surface area (Å²) in [5.74, 6) is 0.851. The molecule has 2 bridgehead atoms. The minimum absolute atomic E-state index is 0.00284. The number of fused-ring (bicyclic) bond motifs is 3. The number of H-pyrrole nitrogens is 1. The van der Waals surface area contributed by atoms with Gasteiger partial charge in [0.05, 0.1) is 11.6 Å². The molecule has 3 amide bonds. The molecule has 0 radical (unpaired) electrons. The number of aromatic nitrogens is 3. The van der Waals surface area contributed by atoms with Gasteiger partial charge < -0.3 is 20.9 Å². The first kappa shape index (κ1) is 25.6. The van der Waals surface area contributed by atoms with Gasteiger partial charge in [-0.2, -0.15) is 0 Å². The molecule has 7 rings (SSSR count). The minimum atomic E-state index is -0.130. The van der Waals surface area contributed by atoms with Crippen molar-refractivity contribution in [3.8, 4) is 0 Å². The Morgan fingerprint density at radius 1 is 1.05 bits per heavy atom. The van der Waals surface area contributed by atoms with Crippen molar-refractivity contribution in [2.45, 2.75) is 63.5 Å². The van der Waals surface area contributed by atoms with Crippen molar-refractivity contribution in [1.82, 2.24) is 19.9 Å². The Labute approximate surface area is 231 Å². The fraction of sp³-hybridized carbons (Fsp3) is 0.414. The molecule has 2 unspecified atom stereocenters. The zero-order valence-corrected chi connectivity index (χ0v) is 22.3. The number of pyridine rings is 2. The van der Waals surface area contributed by atoms with Crippen LogP contribution in [-0.2, 0) is 9.59 Å². The third-order valence-corrected chi connectivity index (χ3v) is 8.12. The topological polar surface area (TPSA) is 134 Å². The van der Waals surface area contributed by atoms with E-state index in [0.29, 0.717) is 16.5 Å². The molecule has 2 aliphatic heterocycles. The van der Waals surface area contributed by atoms with Crippen molar-refractivity contribution in [3.63, 3.8) is 0 Å². The molecular formula is C29H31ClN6O3. The lowest BCUT2D eigenvalue weighted by Gasteiger charge is -2.45. The van der Waals surface area contributed by atoms with Crippen LogP contribution in [0.4, 0.5) is 5.82 Å². The van der Waals surface area contributed by atoms with Gasteiger partial charge in [0, 0.05) is 35.7 Å². The molecule has 9 nitrogen and oxygen atoms in total. The number of amides is 3. The number of nitrogens with two attached hydrogens (primary N) is 1. The van der Waals surface area contributed by atoms with E-state index in [2.05, 4.69) is 26.3 Å². The molecule has 2 atom stereocenters. The average molecular weight is 547 g/mol. The van der Waals surface area contributed by atoms with Crippen LogP contribution in [0.5, 0.6) is 0 Å². The van der Waals surface area contributed by atoms with Crippen LogP contribution >= 0.6 is 11.6 Å². The summed E-state index contributed by atoms with van der Waals surface area (Å²) in [5.41, 5.74) is 8.46. The molecule has 3 aromatic rings. The number of primary amides is 1. The highest BCUT2D eigenvalue weighted by atomic mass is 35.5. The number of piperidine rings is 1.